The number of phenolic OH excluding ortho intramolecular Hbond substituents is 1. The summed E-state index contributed by atoms with van der Waals surface area (Å²) in [7, 11) is 0. The lowest BCUT2D eigenvalue weighted by atomic mass is 10.1. The van der Waals surface area contributed by atoms with Gasteiger partial charge in [-0.25, -0.2) is 0 Å². The van der Waals surface area contributed by atoms with Crippen molar-refractivity contribution < 1.29 is 14.7 Å². The standard InChI is InChI=1S/C16H20N2O3S2/c1-11-6-7-12(13(19)9-11)17-14(20)5-3-2-4-8-18-15(21)10-23-16(18)22/h6-7,9,19H,2-5,8,10H2,1H3,(H,17,20). The number of nitrogens with zero attached hydrogens (tertiary/aromatic N) is 1. The molecule has 5 nitrogen and oxygen atoms in total. The average Bonchev–Trinajstić information content (AvgIpc) is 2.81. The van der Waals surface area contributed by atoms with Gasteiger partial charge in [0.2, 0.25) is 11.8 Å². The fourth-order valence-corrected chi connectivity index (χ4v) is 3.41. The number of carbonyl (C=O) groups is 2. The molecular weight excluding hydrogens is 332 g/mol. The van der Waals surface area contributed by atoms with Crippen molar-refractivity contribution in [3.63, 3.8) is 0 Å². The van der Waals surface area contributed by atoms with Gasteiger partial charge in [0.15, 0.2) is 0 Å². The Bertz CT molecular complexity index is 603. The molecule has 0 aliphatic carbocycles. The van der Waals surface area contributed by atoms with Crippen LogP contribution in [-0.4, -0.2) is 38.4 Å². The second-order valence-electron chi connectivity index (χ2n) is 5.48. The van der Waals surface area contributed by atoms with E-state index < -0.39 is 0 Å². The van der Waals surface area contributed by atoms with E-state index in [1.54, 1.807) is 17.0 Å². The van der Waals surface area contributed by atoms with Gasteiger partial charge in [0.1, 0.15) is 10.1 Å². The molecule has 1 heterocycles. The van der Waals surface area contributed by atoms with Gasteiger partial charge in [0.25, 0.3) is 0 Å². The summed E-state index contributed by atoms with van der Waals surface area (Å²) in [6, 6.07) is 5.15. The minimum Gasteiger partial charge on any atom is -0.506 e. The number of hydrogen-bond acceptors (Lipinski definition) is 5. The Morgan fingerprint density at radius 3 is 2.83 bits per heavy atom. The molecule has 0 saturated carbocycles. The predicted octanol–water partition coefficient (Wildman–Crippen LogP) is 3.06. The minimum absolute atomic E-state index is 0.0765. The SMILES string of the molecule is Cc1ccc(NC(=O)CCCCCN2C(=O)CSC2=S)c(O)c1. The zero-order chi connectivity index (χ0) is 16.8. The number of carbonyl (C=O) groups excluding carboxylic acids is 2. The van der Waals surface area contributed by atoms with Crippen molar-refractivity contribution >= 4 is 45.8 Å². The highest BCUT2D eigenvalue weighted by Gasteiger charge is 2.25. The number of nitrogens with one attached hydrogen (secondary N) is 1. The van der Waals surface area contributed by atoms with Crippen molar-refractivity contribution in [1.82, 2.24) is 4.90 Å². The van der Waals surface area contributed by atoms with Gasteiger partial charge in [-0.05, 0) is 37.5 Å². The van der Waals surface area contributed by atoms with Gasteiger partial charge in [-0.2, -0.15) is 0 Å². The van der Waals surface area contributed by atoms with Crippen LogP contribution in [0.15, 0.2) is 18.2 Å². The predicted molar refractivity (Wildman–Crippen MR) is 96.7 cm³/mol. The molecule has 1 aromatic rings. The number of benzene rings is 1. The summed E-state index contributed by atoms with van der Waals surface area (Å²) >= 11 is 6.52. The summed E-state index contributed by atoms with van der Waals surface area (Å²) in [5, 5.41) is 12.5. The van der Waals surface area contributed by atoms with Gasteiger partial charge in [-0.15, -0.1) is 0 Å². The number of rotatable bonds is 7. The molecule has 0 unspecified atom stereocenters. The first-order valence-corrected chi connectivity index (χ1v) is 8.93. The lowest BCUT2D eigenvalue weighted by molar-refractivity contribution is -0.124. The van der Waals surface area contributed by atoms with Crippen LogP contribution in [0.1, 0.15) is 31.2 Å². The molecule has 2 rings (SSSR count). The Balaban J connectivity index is 1.65. The summed E-state index contributed by atoms with van der Waals surface area (Å²) in [5.41, 5.74) is 1.37. The summed E-state index contributed by atoms with van der Waals surface area (Å²) < 4.78 is 0.655. The van der Waals surface area contributed by atoms with Crippen LogP contribution >= 0.6 is 24.0 Å². The van der Waals surface area contributed by atoms with E-state index in [4.69, 9.17) is 12.2 Å². The number of phenols is 1. The Morgan fingerprint density at radius 1 is 1.39 bits per heavy atom. The molecule has 124 valence electrons. The Morgan fingerprint density at radius 2 is 2.17 bits per heavy atom. The molecule has 1 aromatic carbocycles. The second kappa shape index (κ2) is 8.31. The van der Waals surface area contributed by atoms with E-state index in [9.17, 15) is 14.7 Å². The molecule has 1 fully saturated rings. The van der Waals surface area contributed by atoms with E-state index in [2.05, 4.69) is 5.32 Å². The van der Waals surface area contributed by atoms with E-state index in [1.165, 1.54) is 11.8 Å². The van der Waals surface area contributed by atoms with Crippen LogP contribution in [0.3, 0.4) is 0 Å². The fraction of sp³-hybridized carbons (Fsp3) is 0.438. The monoisotopic (exact) mass is 352 g/mol. The van der Waals surface area contributed by atoms with Crippen LogP contribution in [-0.2, 0) is 9.59 Å². The van der Waals surface area contributed by atoms with E-state index in [1.807, 2.05) is 13.0 Å². The largest absolute Gasteiger partial charge is 0.506 e. The Labute approximate surface area is 145 Å². The van der Waals surface area contributed by atoms with Crippen LogP contribution in [0.5, 0.6) is 5.75 Å². The number of amides is 2. The summed E-state index contributed by atoms with van der Waals surface area (Å²) in [5.74, 6) is 0.485. The highest BCUT2D eigenvalue weighted by molar-refractivity contribution is 8.23. The van der Waals surface area contributed by atoms with Crippen molar-refractivity contribution in [2.75, 3.05) is 17.6 Å². The highest BCUT2D eigenvalue weighted by Crippen LogP contribution is 2.24. The number of thioether (sulfide) groups is 1. The normalized spacial score (nSPS) is 14.4. The molecule has 2 amide bonds. The van der Waals surface area contributed by atoms with E-state index >= 15 is 0 Å². The molecule has 0 atom stereocenters. The Kier molecular flexibility index (Phi) is 6.41. The van der Waals surface area contributed by atoms with Gasteiger partial charge >= 0.3 is 0 Å². The van der Waals surface area contributed by atoms with E-state index in [0.717, 1.165) is 24.8 Å². The number of aromatic hydroxyl groups is 1. The van der Waals surface area contributed by atoms with Crippen LogP contribution in [0.4, 0.5) is 5.69 Å². The van der Waals surface area contributed by atoms with Gasteiger partial charge in [-0.3, -0.25) is 14.5 Å². The first-order chi connectivity index (χ1) is 11.0. The molecule has 7 heteroatoms. The zero-order valence-electron chi connectivity index (χ0n) is 13.0. The lowest BCUT2D eigenvalue weighted by Gasteiger charge is -2.14. The topological polar surface area (TPSA) is 69.6 Å². The molecule has 2 N–H and O–H groups in total. The maximum Gasteiger partial charge on any atom is 0.238 e. The van der Waals surface area contributed by atoms with Crippen LogP contribution in [0, 0.1) is 6.92 Å². The molecule has 1 aliphatic heterocycles. The molecule has 23 heavy (non-hydrogen) atoms. The zero-order valence-corrected chi connectivity index (χ0v) is 14.6. The summed E-state index contributed by atoms with van der Waals surface area (Å²) in [6.45, 7) is 2.51. The van der Waals surface area contributed by atoms with E-state index in [0.29, 0.717) is 28.7 Å². The quantitative estimate of drug-likeness (QED) is 0.448. The maximum atomic E-state index is 11.9. The van der Waals surface area contributed by atoms with Gasteiger partial charge in [0.05, 0.1) is 11.4 Å². The molecule has 0 bridgehead atoms. The fourth-order valence-electron chi connectivity index (χ4n) is 2.29. The third-order valence-electron chi connectivity index (χ3n) is 3.55. The minimum atomic E-state index is -0.118. The van der Waals surface area contributed by atoms with Crippen molar-refractivity contribution in [2.24, 2.45) is 0 Å². The number of hydrogen-bond donors (Lipinski definition) is 2. The van der Waals surface area contributed by atoms with Crippen molar-refractivity contribution in [2.45, 2.75) is 32.6 Å². The number of thiocarbonyl (C=S) groups is 1. The van der Waals surface area contributed by atoms with Crippen LogP contribution < -0.4 is 5.32 Å². The molecule has 1 saturated heterocycles. The molecule has 0 radical (unpaired) electrons. The third-order valence-corrected chi connectivity index (χ3v) is 4.99. The molecular formula is C16H20N2O3S2. The van der Waals surface area contributed by atoms with E-state index in [-0.39, 0.29) is 17.6 Å². The number of unbranched alkanes of at least 4 members (excludes halogenated alkanes) is 2. The van der Waals surface area contributed by atoms with Crippen LogP contribution in [0.2, 0.25) is 0 Å². The smallest absolute Gasteiger partial charge is 0.238 e. The lowest BCUT2D eigenvalue weighted by Crippen LogP contribution is -2.29. The first kappa shape index (κ1) is 17.7. The van der Waals surface area contributed by atoms with Gasteiger partial charge in [0, 0.05) is 13.0 Å². The molecule has 0 spiro atoms. The highest BCUT2D eigenvalue weighted by atomic mass is 32.2. The number of anilines is 1. The van der Waals surface area contributed by atoms with Crippen molar-refractivity contribution in [3.8, 4) is 5.75 Å². The van der Waals surface area contributed by atoms with Gasteiger partial charge < -0.3 is 10.4 Å². The summed E-state index contributed by atoms with van der Waals surface area (Å²) in [6.07, 6.45) is 2.81. The second-order valence-corrected chi connectivity index (χ2v) is 7.09. The number of aryl methyl sites for hydroxylation is 1. The average molecular weight is 352 g/mol. The summed E-state index contributed by atoms with van der Waals surface area (Å²) in [4.78, 5) is 25.1. The Hall–Kier alpha value is -1.60. The third kappa shape index (κ3) is 5.21. The van der Waals surface area contributed by atoms with Crippen molar-refractivity contribution in [1.29, 1.82) is 0 Å². The molecule has 0 aromatic heterocycles. The molecule has 1 aliphatic rings. The maximum absolute atomic E-state index is 11.9. The van der Waals surface area contributed by atoms with Gasteiger partial charge in [-0.1, -0.05) is 36.5 Å². The van der Waals surface area contributed by atoms with Crippen LogP contribution in [0.25, 0.3) is 0 Å². The first-order valence-electron chi connectivity index (χ1n) is 7.54. The van der Waals surface area contributed by atoms with Crippen molar-refractivity contribution in [3.05, 3.63) is 23.8 Å².